The van der Waals surface area contributed by atoms with E-state index in [1.54, 1.807) is 6.07 Å². The van der Waals surface area contributed by atoms with Crippen molar-refractivity contribution in [1.82, 2.24) is 4.98 Å². The topological polar surface area (TPSA) is 38.9 Å². The molecule has 0 atom stereocenters. The van der Waals surface area contributed by atoms with E-state index in [0.29, 0.717) is 21.8 Å². The number of nitrogen functional groups attached to an aromatic ring is 1. The summed E-state index contributed by atoms with van der Waals surface area (Å²) in [4.78, 5) is 4.12. The Kier molecular flexibility index (Phi) is 3.40. The van der Waals surface area contributed by atoms with Crippen molar-refractivity contribution in [2.75, 3.05) is 5.73 Å². The second kappa shape index (κ2) is 4.16. The van der Waals surface area contributed by atoms with Crippen molar-refractivity contribution in [2.24, 2.45) is 5.92 Å². The van der Waals surface area contributed by atoms with Crippen molar-refractivity contribution in [3.05, 3.63) is 21.9 Å². The number of aromatic nitrogens is 1. The van der Waals surface area contributed by atoms with E-state index in [1.165, 1.54) is 0 Å². The second-order valence-corrected chi connectivity index (χ2v) is 4.16. The molecule has 0 aromatic carbocycles. The summed E-state index contributed by atoms with van der Waals surface area (Å²) in [6, 6.07) is 1.65. The maximum absolute atomic E-state index is 5.94. The summed E-state index contributed by atoms with van der Waals surface area (Å²) in [6.07, 6.45) is 0.818. The zero-order valence-electron chi connectivity index (χ0n) is 7.64. The van der Waals surface area contributed by atoms with Crippen LogP contribution < -0.4 is 5.73 Å². The van der Waals surface area contributed by atoms with Crippen LogP contribution in [0.3, 0.4) is 0 Å². The molecule has 72 valence electrons. The van der Waals surface area contributed by atoms with Gasteiger partial charge in [-0.1, -0.05) is 37.0 Å². The molecule has 13 heavy (non-hydrogen) atoms. The predicted octanol–water partition coefficient (Wildman–Crippen LogP) is 3.17. The summed E-state index contributed by atoms with van der Waals surface area (Å²) >= 11 is 11.7. The Morgan fingerprint density at radius 3 is 2.62 bits per heavy atom. The van der Waals surface area contributed by atoms with Gasteiger partial charge in [0, 0.05) is 0 Å². The van der Waals surface area contributed by atoms with E-state index in [1.807, 2.05) is 0 Å². The quantitative estimate of drug-likeness (QED) is 0.776. The van der Waals surface area contributed by atoms with Crippen molar-refractivity contribution in [1.29, 1.82) is 0 Å². The molecule has 0 saturated heterocycles. The van der Waals surface area contributed by atoms with Gasteiger partial charge in [-0.3, -0.25) is 0 Å². The van der Waals surface area contributed by atoms with E-state index in [0.717, 1.165) is 12.1 Å². The third kappa shape index (κ3) is 2.75. The Labute approximate surface area is 88.1 Å². The Hall–Kier alpha value is -0.470. The largest absolute Gasteiger partial charge is 0.396 e. The molecule has 0 aliphatic heterocycles. The van der Waals surface area contributed by atoms with Crippen molar-refractivity contribution >= 4 is 28.9 Å². The lowest BCUT2D eigenvalue weighted by atomic mass is 10.1. The molecular formula is C9H12Cl2N2. The van der Waals surface area contributed by atoms with Crippen molar-refractivity contribution < 1.29 is 0 Å². The molecule has 0 amide bonds. The smallest absolute Gasteiger partial charge is 0.152 e. The molecule has 1 rings (SSSR count). The molecule has 1 aromatic heterocycles. The van der Waals surface area contributed by atoms with Crippen LogP contribution in [0.15, 0.2) is 6.07 Å². The van der Waals surface area contributed by atoms with Gasteiger partial charge in [-0.05, 0) is 18.4 Å². The lowest BCUT2D eigenvalue weighted by Crippen LogP contribution is -2.00. The molecule has 0 unspecified atom stereocenters. The van der Waals surface area contributed by atoms with Gasteiger partial charge in [0.15, 0.2) is 5.15 Å². The van der Waals surface area contributed by atoms with Crippen LogP contribution in [0.4, 0.5) is 5.69 Å². The first-order valence-electron chi connectivity index (χ1n) is 4.11. The van der Waals surface area contributed by atoms with Gasteiger partial charge in [-0.15, -0.1) is 0 Å². The SMILES string of the molecule is CC(C)Cc1nc(Cl)c(N)cc1Cl. The second-order valence-electron chi connectivity index (χ2n) is 3.39. The summed E-state index contributed by atoms with van der Waals surface area (Å²) in [7, 11) is 0. The average molecular weight is 219 g/mol. The highest BCUT2D eigenvalue weighted by molar-refractivity contribution is 6.34. The number of rotatable bonds is 2. The molecule has 2 N–H and O–H groups in total. The van der Waals surface area contributed by atoms with Crippen LogP contribution in [-0.4, -0.2) is 4.98 Å². The maximum Gasteiger partial charge on any atom is 0.152 e. The number of hydrogen-bond donors (Lipinski definition) is 1. The number of hydrogen-bond acceptors (Lipinski definition) is 2. The highest BCUT2D eigenvalue weighted by atomic mass is 35.5. The van der Waals surface area contributed by atoms with E-state index < -0.39 is 0 Å². The maximum atomic E-state index is 5.94. The molecule has 0 aliphatic carbocycles. The fraction of sp³-hybridized carbons (Fsp3) is 0.444. The molecule has 1 aromatic rings. The van der Waals surface area contributed by atoms with Crippen molar-refractivity contribution in [2.45, 2.75) is 20.3 Å². The summed E-state index contributed by atoms with van der Waals surface area (Å²) in [5.41, 5.74) is 6.79. The van der Waals surface area contributed by atoms with Gasteiger partial charge < -0.3 is 5.73 Å². The summed E-state index contributed by atoms with van der Waals surface area (Å²) in [6.45, 7) is 4.20. The van der Waals surface area contributed by atoms with Crippen LogP contribution in [0.1, 0.15) is 19.5 Å². The molecule has 0 saturated carbocycles. The number of anilines is 1. The lowest BCUT2D eigenvalue weighted by Gasteiger charge is -2.07. The molecule has 1 heterocycles. The highest BCUT2D eigenvalue weighted by Gasteiger charge is 2.08. The summed E-state index contributed by atoms with van der Waals surface area (Å²) in [5, 5.41) is 0.927. The zero-order chi connectivity index (χ0) is 10.0. The number of pyridine rings is 1. The fourth-order valence-corrected chi connectivity index (χ4v) is 1.44. The monoisotopic (exact) mass is 218 g/mol. The Bertz CT molecular complexity index is 311. The van der Waals surface area contributed by atoms with Crippen LogP contribution in [0.5, 0.6) is 0 Å². The van der Waals surface area contributed by atoms with Crippen LogP contribution in [0, 0.1) is 5.92 Å². The predicted molar refractivity (Wildman–Crippen MR) is 57.2 cm³/mol. The molecular weight excluding hydrogens is 207 g/mol. The van der Waals surface area contributed by atoms with E-state index in [9.17, 15) is 0 Å². The van der Waals surface area contributed by atoms with E-state index in [4.69, 9.17) is 28.9 Å². The standard InChI is InChI=1S/C9H12Cl2N2/c1-5(2)3-8-6(10)4-7(12)9(11)13-8/h4-5H,3,12H2,1-2H3. The van der Waals surface area contributed by atoms with Crippen molar-refractivity contribution in [3.8, 4) is 0 Å². The van der Waals surface area contributed by atoms with Gasteiger partial charge in [0.1, 0.15) is 0 Å². The first kappa shape index (κ1) is 10.6. The first-order valence-corrected chi connectivity index (χ1v) is 4.86. The summed E-state index contributed by atoms with van der Waals surface area (Å²) < 4.78 is 0. The van der Waals surface area contributed by atoms with Crippen LogP contribution in [0.2, 0.25) is 10.2 Å². The summed E-state index contributed by atoms with van der Waals surface area (Å²) in [5.74, 6) is 0.504. The Morgan fingerprint density at radius 2 is 2.08 bits per heavy atom. The van der Waals surface area contributed by atoms with Gasteiger partial charge in [0.05, 0.1) is 16.4 Å². The highest BCUT2D eigenvalue weighted by Crippen LogP contribution is 2.25. The van der Waals surface area contributed by atoms with Gasteiger partial charge in [0.2, 0.25) is 0 Å². The number of nitrogens with zero attached hydrogens (tertiary/aromatic N) is 1. The van der Waals surface area contributed by atoms with Gasteiger partial charge >= 0.3 is 0 Å². The number of nitrogens with two attached hydrogens (primary N) is 1. The minimum atomic E-state index is 0.333. The third-order valence-electron chi connectivity index (χ3n) is 1.63. The van der Waals surface area contributed by atoms with Crippen LogP contribution >= 0.6 is 23.2 Å². The fourth-order valence-electron chi connectivity index (χ4n) is 1.05. The zero-order valence-corrected chi connectivity index (χ0v) is 9.15. The van der Waals surface area contributed by atoms with Gasteiger partial charge in [-0.2, -0.15) is 0 Å². The molecule has 0 aliphatic rings. The Balaban J connectivity index is 3.01. The molecule has 0 spiro atoms. The minimum absolute atomic E-state index is 0.333. The first-order chi connectivity index (χ1) is 6.00. The molecule has 4 heteroatoms. The Morgan fingerprint density at radius 1 is 1.46 bits per heavy atom. The van der Waals surface area contributed by atoms with Gasteiger partial charge in [0.25, 0.3) is 0 Å². The molecule has 0 radical (unpaired) electrons. The van der Waals surface area contributed by atoms with Crippen LogP contribution in [-0.2, 0) is 6.42 Å². The average Bonchev–Trinajstić information content (AvgIpc) is 1.99. The lowest BCUT2D eigenvalue weighted by molar-refractivity contribution is 0.636. The van der Waals surface area contributed by atoms with Crippen molar-refractivity contribution in [3.63, 3.8) is 0 Å². The van der Waals surface area contributed by atoms with Gasteiger partial charge in [-0.25, -0.2) is 4.98 Å². The molecule has 0 bridgehead atoms. The van der Waals surface area contributed by atoms with Crippen LogP contribution in [0.25, 0.3) is 0 Å². The van der Waals surface area contributed by atoms with E-state index in [2.05, 4.69) is 18.8 Å². The number of halogens is 2. The van der Waals surface area contributed by atoms with E-state index >= 15 is 0 Å². The third-order valence-corrected chi connectivity index (χ3v) is 2.26. The normalized spacial score (nSPS) is 10.8. The molecule has 2 nitrogen and oxygen atoms in total. The minimum Gasteiger partial charge on any atom is -0.396 e. The molecule has 0 fully saturated rings. The van der Waals surface area contributed by atoms with E-state index in [-0.39, 0.29) is 0 Å².